The monoisotopic (exact) mass is 389 g/mol. The number of aromatic nitrogens is 2. The SMILES string of the molecule is CC(C)c1ccc(S(=O)(=O)Nc2cccc(Cn3cc(Cl)cn3)c2)cc1. The summed E-state index contributed by atoms with van der Waals surface area (Å²) in [6, 6.07) is 14.2. The van der Waals surface area contributed by atoms with Crippen molar-refractivity contribution < 1.29 is 8.42 Å². The number of hydrogen-bond donors (Lipinski definition) is 1. The van der Waals surface area contributed by atoms with Crippen LogP contribution in [0.15, 0.2) is 65.8 Å². The first-order valence-electron chi connectivity index (χ1n) is 8.23. The number of halogens is 1. The molecule has 1 N–H and O–H groups in total. The third-order valence-corrected chi connectivity index (χ3v) is 5.57. The van der Waals surface area contributed by atoms with Crippen LogP contribution in [0.1, 0.15) is 30.9 Å². The van der Waals surface area contributed by atoms with Gasteiger partial charge in [0.15, 0.2) is 0 Å². The van der Waals surface area contributed by atoms with Crippen LogP contribution in [0.4, 0.5) is 5.69 Å². The van der Waals surface area contributed by atoms with Crippen molar-refractivity contribution in [2.24, 2.45) is 0 Å². The molecular weight excluding hydrogens is 370 g/mol. The zero-order valence-electron chi connectivity index (χ0n) is 14.6. The van der Waals surface area contributed by atoms with E-state index in [1.165, 1.54) is 0 Å². The number of sulfonamides is 1. The molecule has 0 spiro atoms. The Morgan fingerprint density at radius 2 is 1.88 bits per heavy atom. The fraction of sp³-hybridized carbons (Fsp3) is 0.211. The number of rotatable bonds is 6. The summed E-state index contributed by atoms with van der Waals surface area (Å²) in [7, 11) is -3.63. The Labute approximate surface area is 158 Å². The zero-order valence-corrected chi connectivity index (χ0v) is 16.1. The normalized spacial score (nSPS) is 11.7. The van der Waals surface area contributed by atoms with Crippen molar-refractivity contribution >= 4 is 27.3 Å². The predicted molar refractivity (Wildman–Crippen MR) is 104 cm³/mol. The highest BCUT2D eigenvalue weighted by atomic mass is 35.5. The average Bonchev–Trinajstić information content (AvgIpc) is 2.99. The van der Waals surface area contributed by atoms with Gasteiger partial charge in [-0.05, 0) is 41.3 Å². The zero-order chi connectivity index (χ0) is 18.7. The number of nitrogens with one attached hydrogen (secondary N) is 1. The third-order valence-electron chi connectivity index (χ3n) is 3.98. The molecule has 0 aliphatic carbocycles. The maximum Gasteiger partial charge on any atom is 0.261 e. The molecule has 0 aliphatic heterocycles. The minimum Gasteiger partial charge on any atom is -0.280 e. The van der Waals surface area contributed by atoms with Crippen LogP contribution in [-0.4, -0.2) is 18.2 Å². The first-order valence-corrected chi connectivity index (χ1v) is 10.1. The predicted octanol–water partition coefficient (Wildman–Crippen LogP) is 4.51. The van der Waals surface area contributed by atoms with Gasteiger partial charge in [0.05, 0.1) is 22.7 Å². The summed E-state index contributed by atoms with van der Waals surface area (Å²) >= 11 is 5.87. The molecule has 0 amide bonds. The lowest BCUT2D eigenvalue weighted by Gasteiger charge is -2.11. The largest absolute Gasteiger partial charge is 0.280 e. The molecule has 3 aromatic rings. The summed E-state index contributed by atoms with van der Waals surface area (Å²) in [4.78, 5) is 0.242. The van der Waals surface area contributed by atoms with Crippen molar-refractivity contribution in [3.63, 3.8) is 0 Å². The average molecular weight is 390 g/mol. The number of benzene rings is 2. The lowest BCUT2D eigenvalue weighted by molar-refractivity contribution is 0.601. The van der Waals surface area contributed by atoms with Crippen molar-refractivity contribution in [2.45, 2.75) is 31.2 Å². The maximum absolute atomic E-state index is 12.6. The van der Waals surface area contributed by atoms with E-state index in [0.29, 0.717) is 23.2 Å². The Morgan fingerprint density at radius 3 is 2.50 bits per heavy atom. The molecule has 0 saturated carbocycles. The summed E-state index contributed by atoms with van der Waals surface area (Å²) in [5.74, 6) is 0.354. The van der Waals surface area contributed by atoms with Crippen molar-refractivity contribution in [3.05, 3.63) is 77.1 Å². The first kappa shape index (κ1) is 18.5. The summed E-state index contributed by atoms with van der Waals surface area (Å²) in [6.45, 7) is 4.64. The topological polar surface area (TPSA) is 64.0 Å². The Kier molecular flexibility index (Phi) is 5.34. The van der Waals surface area contributed by atoms with Gasteiger partial charge in [-0.15, -0.1) is 0 Å². The van der Waals surface area contributed by atoms with Gasteiger partial charge in [-0.2, -0.15) is 5.10 Å². The summed E-state index contributed by atoms with van der Waals surface area (Å²) in [5.41, 5.74) is 2.53. The fourth-order valence-electron chi connectivity index (χ4n) is 2.59. The summed E-state index contributed by atoms with van der Waals surface area (Å²) in [6.07, 6.45) is 3.28. The van der Waals surface area contributed by atoms with Gasteiger partial charge >= 0.3 is 0 Å². The molecule has 0 aliphatic rings. The van der Waals surface area contributed by atoms with Crippen LogP contribution in [0.5, 0.6) is 0 Å². The van der Waals surface area contributed by atoms with E-state index >= 15 is 0 Å². The smallest absolute Gasteiger partial charge is 0.261 e. The second-order valence-electron chi connectivity index (χ2n) is 6.39. The van der Waals surface area contributed by atoms with E-state index in [-0.39, 0.29) is 4.90 Å². The third kappa shape index (κ3) is 4.45. The number of hydrogen-bond acceptors (Lipinski definition) is 3. The molecule has 7 heteroatoms. The molecule has 1 aromatic heterocycles. The molecule has 1 heterocycles. The van der Waals surface area contributed by atoms with E-state index in [0.717, 1.165) is 11.1 Å². The Balaban J connectivity index is 1.78. The van der Waals surface area contributed by atoms with Gasteiger partial charge in [0, 0.05) is 11.9 Å². The molecule has 0 atom stereocenters. The van der Waals surface area contributed by atoms with Crippen LogP contribution >= 0.6 is 11.6 Å². The van der Waals surface area contributed by atoms with Gasteiger partial charge in [0.2, 0.25) is 0 Å². The van der Waals surface area contributed by atoms with Crippen LogP contribution in [0.2, 0.25) is 5.02 Å². The molecule has 0 fully saturated rings. The molecule has 2 aromatic carbocycles. The quantitative estimate of drug-likeness (QED) is 0.674. The molecule has 136 valence electrons. The lowest BCUT2D eigenvalue weighted by atomic mass is 10.0. The molecule has 3 rings (SSSR count). The van der Waals surface area contributed by atoms with Gasteiger partial charge in [-0.3, -0.25) is 9.40 Å². The molecule has 0 unspecified atom stereocenters. The van der Waals surface area contributed by atoms with E-state index < -0.39 is 10.0 Å². The molecule has 0 saturated heterocycles. The highest BCUT2D eigenvalue weighted by Crippen LogP contribution is 2.21. The first-order chi connectivity index (χ1) is 12.3. The fourth-order valence-corrected chi connectivity index (χ4v) is 3.80. The van der Waals surface area contributed by atoms with Crippen LogP contribution in [0.3, 0.4) is 0 Å². The van der Waals surface area contributed by atoms with Crippen LogP contribution in [0.25, 0.3) is 0 Å². The lowest BCUT2D eigenvalue weighted by Crippen LogP contribution is -2.13. The molecule has 0 radical (unpaired) electrons. The molecule has 0 bridgehead atoms. The molecular formula is C19H20ClN3O2S. The van der Waals surface area contributed by atoms with E-state index in [2.05, 4.69) is 23.7 Å². The van der Waals surface area contributed by atoms with E-state index in [9.17, 15) is 8.42 Å². The molecule has 26 heavy (non-hydrogen) atoms. The summed E-state index contributed by atoms with van der Waals surface area (Å²) < 4.78 is 29.5. The number of nitrogens with zero attached hydrogens (tertiary/aromatic N) is 2. The van der Waals surface area contributed by atoms with E-state index in [4.69, 9.17) is 11.6 Å². The van der Waals surface area contributed by atoms with Crippen molar-refractivity contribution in [1.82, 2.24) is 9.78 Å². The number of anilines is 1. The van der Waals surface area contributed by atoms with Crippen LogP contribution in [0, 0.1) is 0 Å². The van der Waals surface area contributed by atoms with Gasteiger partial charge in [0.1, 0.15) is 0 Å². The van der Waals surface area contributed by atoms with E-state index in [1.807, 2.05) is 18.2 Å². The highest BCUT2D eigenvalue weighted by Gasteiger charge is 2.14. The standard InChI is InChI=1S/C19H20ClN3O2S/c1-14(2)16-6-8-19(9-7-16)26(24,25)22-18-5-3-4-15(10-18)12-23-13-17(20)11-21-23/h3-11,13-14,22H,12H2,1-2H3. The Hall–Kier alpha value is -2.31. The minimum atomic E-state index is -3.63. The highest BCUT2D eigenvalue weighted by molar-refractivity contribution is 7.92. The van der Waals surface area contributed by atoms with Crippen molar-refractivity contribution in [2.75, 3.05) is 4.72 Å². The summed E-state index contributed by atoms with van der Waals surface area (Å²) in [5, 5.41) is 4.69. The van der Waals surface area contributed by atoms with Gasteiger partial charge in [-0.1, -0.05) is 49.7 Å². The second-order valence-corrected chi connectivity index (χ2v) is 8.50. The maximum atomic E-state index is 12.6. The van der Waals surface area contributed by atoms with Crippen molar-refractivity contribution in [1.29, 1.82) is 0 Å². The van der Waals surface area contributed by atoms with Gasteiger partial charge in [-0.25, -0.2) is 8.42 Å². The Bertz CT molecular complexity index is 996. The Morgan fingerprint density at radius 1 is 1.15 bits per heavy atom. The van der Waals surface area contributed by atoms with Crippen LogP contribution < -0.4 is 4.72 Å². The van der Waals surface area contributed by atoms with Crippen molar-refractivity contribution in [3.8, 4) is 0 Å². The second kappa shape index (κ2) is 7.51. The van der Waals surface area contributed by atoms with Gasteiger partial charge < -0.3 is 0 Å². The van der Waals surface area contributed by atoms with Crippen LogP contribution in [-0.2, 0) is 16.6 Å². The van der Waals surface area contributed by atoms with E-state index in [1.54, 1.807) is 47.4 Å². The molecule has 5 nitrogen and oxygen atoms in total. The van der Waals surface area contributed by atoms with Gasteiger partial charge in [0.25, 0.3) is 10.0 Å². The minimum absolute atomic E-state index is 0.242.